The highest BCUT2D eigenvalue weighted by atomic mass is 32.2. The van der Waals surface area contributed by atoms with Gasteiger partial charge in [0.1, 0.15) is 0 Å². The number of amides is 1. The maximum absolute atomic E-state index is 12.6. The molecule has 0 bridgehead atoms. The minimum absolute atomic E-state index is 0.0359. The van der Waals surface area contributed by atoms with E-state index in [9.17, 15) is 18.0 Å². The van der Waals surface area contributed by atoms with Crippen molar-refractivity contribution in [3.05, 3.63) is 0 Å². The summed E-state index contributed by atoms with van der Waals surface area (Å²) < 4.78 is 37.7. The van der Waals surface area contributed by atoms with Crippen molar-refractivity contribution < 1.29 is 18.0 Å². The number of hydrogen-bond donors (Lipinski definition) is 0. The van der Waals surface area contributed by atoms with Crippen molar-refractivity contribution in [1.82, 2.24) is 14.7 Å². The predicted molar refractivity (Wildman–Crippen MR) is 89.6 cm³/mol. The highest BCUT2D eigenvalue weighted by Gasteiger charge is 2.33. The third-order valence-electron chi connectivity index (χ3n) is 3.82. The van der Waals surface area contributed by atoms with Gasteiger partial charge in [-0.05, 0) is 5.92 Å². The van der Waals surface area contributed by atoms with Gasteiger partial charge in [0, 0.05) is 49.4 Å². The molecule has 0 saturated carbocycles. The fourth-order valence-electron chi connectivity index (χ4n) is 2.87. The van der Waals surface area contributed by atoms with Crippen molar-refractivity contribution in [2.75, 3.05) is 62.5 Å². The fourth-order valence-corrected chi connectivity index (χ4v) is 5.07. The van der Waals surface area contributed by atoms with E-state index < -0.39 is 12.7 Å². The molecule has 2 aliphatic heterocycles. The molecule has 0 aromatic heterocycles. The van der Waals surface area contributed by atoms with Gasteiger partial charge in [-0.1, -0.05) is 6.92 Å². The lowest BCUT2D eigenvalue weighted by molar-refractivity contribution is -0.146. The van der Waals surface area contributed by atoms with Crippen LogP contribution in [-0.2, 0) is 4.79 Å². The number of carbonyl (C=O) groups excluding carboxylic acids is 1. The molecule has 4 nitrogen and oxygen atoms in total. The lowest BCUT2D eigenvalue weighted by atomic mass is 10.1. The molecule has 0 radical (unpaired) electrons. The van der Waals surface area contributed by atoms with Crippen LogP contribution >= 0.6 is 23.5 Å². The minimum Gasteiger partial charge on any atom is -0.340 e. The van der Waals surface area contributed by atoms with Crippen LogP contribution in [0.3, 0.4) is 0 Å². The van der Waals surface area contributed by atoms with Gasteiger partial charge in [0.2, 0.25) is 5.91 Å². The van der Waals surface area contributed by atoms with Crippen molar-refractivity contribution in [3.63, 3.8) is 0 Å². The van der Waals surface area contributed by atoms with E-state index in [0.717, 1.165) is 23.3 Å². The molecule has 9 heteroatoms. The standard InChI is InChI=1S/C14H24F3N3OS2/c1-12-6-18(9-14(15,16)17)2-3-20(7-12)13(21)8-19-10-22-4-5-23-11-19/h12H,2-11H2,1H3. The average molecular weight is 371 g/mol. The Labute approximate surface area is 144 Å². The van der Waals surface area contributed by atoms with E-state index in [0.29, 0.717) is 32.7 Å². The van der Waals surface area contributed by atoms with Crippen LogP contribution < -0.4 is 0 Å². The number of hydrogen-bond acceptors (Lipinski definition) is 5. The van der Waals surface area contributed by atoms with Crippen LogP contribution in [0.2, 0.25) is 0 Å². The zero-order valence-electron chi connectivity index (χ0n) is 13.3. The van der Waals surface area contributed by atoms with E-state index in [1.54, 1.807) is 4.90 Å². The summed E-state index contributed by atoms with van der Waals surface area (Å²) in [5.41, 5.74) is 0. The summed E-state index contributed by atoms with van der Waals surface area (Å²) in [6.07, 6.45) is -4.18. The van der Waals surface area contributed by atoms with Gasteiger partial charge in [-0.15, -0.1) is 23.5 Å². The van der Waals surface area contributed by atoms with Crippen LogP contribution in [0.4, 0.5) is 13.2 Å². The predicted octanol–water partition coefficient (Wildman–Crippen LogP) is 2.03. The van der Waals surface area contributed by atoms with Crippen molar-refractivity contribution in [1.29, 1.82) is 0 Å². The molecule has 134 valence electrons. The SMILES string of the molecule is CC1CN(CC(F)(F)F)CCN(C(=O)CN2CSCCSC2)C1. The van der Waals surface area contributed by atoms with E-state index in [1.165, 1.54) is 4.90 Å². The van der Waals surface area contributed by atoms with Gasteiger partial charge >= 0.3 is 6.18 Å². The normalized spacial score (nSPS) is 25.9. The molecule has 0 aromatic carbocycles. The van der Waals surface area contributed by atoms with Crippen LogP contribution in [0, 0.1) is 5.92 Å². The van der Waals surface area contributed by atoms with Gasteiger partial charge in [-0.25, -0.2) is 0 Å². The first-order valence-corrected chi connectivity index (χ1v) is 10.1. The summed E-state index contributed by atoms with van der Waals surface area (Å²) in [5, 5.41) is 0. The summed E-state index contributed by atoms with van der Waals surface area (Å²) in [7, 11) is 0. The molecule has 0 spiro atoms. The van der Waals surface area contributed by atoms with Crippen molar-refractivity contribution in [2.24, 2.45) is 5.92 Å². The lowest BCUT2D eigenvalue weighted by Gasteiger charge is -2.26. The highest BCUT2D eigenvalue weighted by molar-refractivity contribution is 8.03. The first-order valence-electron chi connectivity index (χ1n) is 7.78. The van der Waals surface area contributed by atoms with Crippen LogP contribution in [0.25, 0.3) is 0 Å². The largest absolute Gasteiger partial charge is 0.401 e. The molecule has 2 heterocycles. The van der Waals surface area contributed by atoms with Crippen LogP contribution in [0.15, 0.2) is 0 Å². The summed E-state index contributed by atoms with van der Waals surface area (Å²) >= 11 is 3.65. The number of carbonyl (C=O) groups is 1. The van der Waals surface area contributed by atoms with Crippen molar-refractivity contribution >= 4 is 29.4 Å². The van der Waals surface area contributed by atoms with Gasteiger partial charge in [-0.3, -0.25) is 14.6 Å². The second-order valence-corrected chi connectivity index (χ2v) is 8.35. The Morgan fingerprint density at radius 3 is 2.35 bits per heavy atom. The van der Waals surface area contributed by atoms with E-state index in [1.807, 2.05) is 30.4 Å². The second-order valence-electron chi connectivity index (χ2n) is 6.20. The Bertz CT molecular complexity index is 390. The molecule has 2 saturated heterocycles. The summed E-state index contributed by atoms with van der Waals surface area (Å²) in [4.78, 5) is 17.8. The maximum atomic E-state index is 12.6. The molecule has 1 unspecified atom stereocenters. The average Bonchev–Trinajstić information content (AvgIpc) is 2.78. The number of alkyl halides is 3. The monoisotopic (exact) mass is 371 g/mol. The van der Waals surface area contributed by atoms with Gasteiger partial charge in [0.05, 0.1) is 13.1 Å². The van der Waals surface area contributed by atoms with Gasteiger partial charge < -0.3 is 4.90 Å². The zero-order chi connectivity index (χ0) is 16.9. The van der Waals surface area contributed by atoms with Gasteiger partial charge in [0.15, 0.2) is 0 Å². The van der Waals surface area contributed by atoms with E-state index in [-0.39, 0.29) is 11.8 Å². The van der Waals surface area contributed by atoms with Crippen LogP contribution in [-0.4, -0.2) is 89.3 Å². The molecule has 2 fully saturated rings. The molecule has 1 atom stereocenters. The molecular weight excluding hydrogens is 347 g/mol. The Kier molecular flexibility index (Phi) is 7.37. The molecule has 0 aliphatic carbocycles. The maximum Gasteiger partial charge on any atom is 0.401 e. The number of rotatable bonds is 3. The minimum atomic E-state index is -4.18. The Morgan fingerprint density at radius 1 is 1.09 bits per heavy atom. The zero-order valence-corrected chi connectivity index (χ0v) is 15.0. The van der Waals surface area contributed by atoms with E-state index >= 15 is 0 Å². The Balaban J connectivity index is 1.85. The summed E-state index contributed by atoms with van der Waals surface area (Å²) in [6, 6.07) is 0. The second kappa shape index (κ2) is 8.82. The molecule has 0 N–H and O–H groups in total. The Hall–Kier alpha value is -0.120. The molecule has 2 rings (SSSR count). The van der Waals surface area contributed by atoms with Crippen LogP contribution in [0.5, 0.6) is 0 Å². The molecule has 0 aromatic rings. The van der Waals surface area contributed by atoms with Crippen molar-refractivity contribution in [3.8, 4) is 0 Å². The summed E-state index contributed by atoms with van der Waals surface area (Å²) in [6.45, 7) is 2.99. The smallest absolute Gasteiger partial charge is 0.340 e. The number of thioether (sulfide) groups is 2. The van der Waals surface area contributed by atoms with E-state index in [2.05, 4.69) is 4.90 Å². The van der Waals surface area contributed by atoms with Crippen molar-refractivity contribution in [2.45, 2.75) is 13.1 Å². The Morgan fingerprint density at radius 2 is 1.74 bits per heavy atom. The third kappa shape index (κ3) is 7.11. The molecule has 2 aliphatic rings. The first kappa shape index (κ1) is 19.2. The number of nitrogens with zero attached hydrogens (tertiary/aromatic N) is 3. The van der Waals surface area contributed by atoms with E-state index in [4.69, 9.17) is 0 Å². The quantitative estimate of drug-likeness (QED) is 0.757. The van der Waals surface area contributed by atoms with Gasteiger partial charge in [-0.2, -0.15) is 13.2 Å². The molecular formula is C14H24F3N3OS2. The highest BCUT2D eigenvalue weighted by Crippen LogP contribution is 2.20. The molecule has 1 amide bonds. The van der Waals surface area contributed by atoms with Gasteiger partial charge in [0.25, 0.3) is 0 Å². The molecule has 23 heavy (non-hydrogen) atoms. The first-order chi connectivity index (χ1) is 10.8. The lowest BCUT2D eigenvalue weighted by Crippen LogP contribution is -2.42. The number of halogens is 3. The fraction of sp³-hybridized carbons (Fsp3) is 0.929. The summed E-state index contributed by atoms with van der Waals surface area (Å²) in [5.74, 6) is 3.99. The van der Waals surface area contributed by atoms with Crippen LogP contribution in [0.1, 0.15) is 6.92 Å². The topological polar surface area (TPSA) is 26.8 Å². The third-order valence-corrected chi connectivity index (χ3v) is 6.16.